The minimum absolute atomic E-state index is 0.0763. The molecule has 0 saturated carbocycles. The molecule has 0 aliphatic heterocycles. The van der Waals surface area contributed by atoms with Crippen LogP contribution in [0.1, 0.15) is 27.2 Å². The maximum absolute atomic E-state index is 12.2. The second kappa shape index (κ2) is 11.7. The normalized spacial score (nSPS) is 14.3. The van der Waals surface area contributed by atoms with Gasteiger partial charge in [-0.1, -0.05) is 13.8 Å². The average Bonchev–Trinajstić information content (AvgIpc) is 2.54. The van der Waals surface area contributed by atoms with Gasteiger partial charge < -0.3 is 26.8 Å². The number of nitrogens with two attached hydrogens (primary N) is 1. The second-order valence-corrected chi connectivity index (χ2v) is 6.94. The molecule has 9 nitrogen and oxygen atoms in total. The van der Waals surface area contributed by atoms with Crippen molar-refractivity contribution >= 4 is 35.5 Å². The van der Waals surface area contributed by atoms with Crippen molar-refractivity contribution in [3.8, 4) is 0 Å². The van der Waals surface area contributed by atoms with Gasteiger partial charge >= 0.3 is 5.97 Å². The van der Waals surface area contributed by atoms with Gasteiger partial charge in [-0.25, -0.2) is 0 Å². The number of carbonyl (C=O) groups excluding carboxylic acids is 3. The van der Waals surface area contributed by atoms with Crippen LogP contribution in [-0.4, -0.2) is 65.5 Å². The van der Waals surface area contributed by atoms with Crippen molar-refractivity contribution in [3.05, 3.63) is 0 Å². The van der Waals surface area contributed by atoms with Crippen LogP contribution in [0.25, 0.3) is 0 Å². The molecule has 0 spiro atoms. The van der Waals surface area contributed by atoms with Gasteiger partial charge in [0.1, 0.15) is 12.1 Å². The fourth-order valence-corrected chi connectivity index (χ4v) is 2.19. The lowest BCUT2D eigenvalue weighted by Gasteiger charge is -2.22. The largest absolute Gasteiger partial charge is 0.480 e. The number of carbonyl (C=O) groups is 4. The summed E-state index contributed by atoms with van der Waals surface area (Å²) in [6, 6.07) is -2.60. The molecule has 0 aliphatic carbocycles. The first-order chi connectivity index (χ1) is 11.6. The van der Waals surface area contributed by atoms with E-state index in [2.05, 4.69) is 16.0 Å². The number of thioether (sulfide) groups is 1. The first-order valence-electron chi connectivity index (χ1n) is 7.94. The van der Waals surface area contributed by atoms with Crippen LogP contribution >= 0.6 is 11.8 Å². The molecule has 25 heavy (non-hydrogen) atoms. The first-order valence-corrected chi connectivity index (χ1v) is 9.34. The standard InChI is InChI=1S/C15H28N4O5S/c1-8(2)12(16)14(22)19-10(5-6-25-4)13(21)17-7-11(20)18-9(3)15(23)24/h8-10,12H,5-7,16H2,1-4H3,(H,17,21)(H,18,20)(H,19,22)(H,23,24). The highest BCUT2D eigenvalue weighted by Crippen LogP contribution is 2.04. The van der Waals surface area contributed by atoms with Crippen molar-refractivity contribution in [1.29, 1.82) is 0 Å². The van der Waals surface area contributed by atoms with Gasteiger partial charge in [0.2, 0.25) is 17.7 Å². The number of rotatable bonds is 11. The van der Waals surface area contributed by atoms with Crippen LogP contribution in [-0.2, 0) is 19.2 Å². The molecule has 10 heteroatoms. The molecule has 0 rings (SSSR count). The van der Waals surface area contributed by atoms with Crippen LogP contribution in [0.4, 0.5) is 0 Å². The van der Waals surface area contributed by atoms with Gasteiger partial charge in [0.15, 0.2) is 0 Å². The summed E-state index contributed by atoms with van der Waals surface area (Å²) in [6.07, 6.45) is 2.26. The van der Waals surface area contributed by atoms with Gasteiger partial charge in [-0.15, -0.1) is 0 Å². The summed E-state index contributed by atoms with van der Waals surface area (Å²) in [5, 5.41) is 16.0. The number of hydrogen-bond acceptors (Lipinski definition) is 6. The molecule has 3 atom stereocenters. The van der Waals surface area contributed by atoms with Crippen LogP contribution in [0, 0.1) is 5.92 Å². The minimum atomic E-state index is -1.17. The van der Waals surface area contributed by atoms with E-state index in [4.69, 9.17) is 10.8 Å². The number of amides is 3. The van der Waals surface area contributed by atoms with Gasteiger partial charge in [0.05, 0.1) is 12.6 Å². The zero-order chi connectivity index (χ0) is 19.6. The number of carboxylic acids is 1. The van der Waals surface area contributed by atoms with E-state index in [0.717, 1.165) is 0 Å². The van der Waals surface area contributed by atoms with Gasteiger partial charge in [-0.2, -0.15) is 11.8 Å². The summed E-state index contributed by atoms with van der Waals surface area (Å²) < 4.78 is 0. The van der Waals surface area contributed by atoms with Crippen molar-refractivity contribution in [2.45, 2.75) is 45.3 Å². The third-order valence-corrected chi connectivity index (χ3v) is 4.08. The van der Waals surface area contributed by atoms with E-state index in [1.54, 1.807) is 13.8 Å². The molecule has 0 radical (unpaired) electrons. The Kier molecular flexibility index (Phi) is 10.8. The summed E-state index contributed by atoms with van der Waals surface area (Å²) >= 11 is 1.52. The van der Waals surface area contributed by atoms with Crippen molar-refractivity contribution in [2.24, 2.45) is 11.7 Å². The highest BCUT2D eigenvalue weighted by atomic mass is 32.2. The van der Waals surface area contributed by atoms with Gasteiger partial charge in [0, 0.05) is 0 Å². The fourth-order valence-electron chi connectivity index (χ4n) is 1.72. The Morgan fingerprint density at radius 1 is 1.08 bits per heavy atom. The highest BCUT2D eigenvalue weighted by molar-refractivity contribution is 7.98. The molecule has 3 unspecified atom stereocenters. The first kappa shape index (κ1) is 23.2. The molecule has 0 bridgehead atoms. The van der Waals surface area contributed by atoms with Crippen LogP contribution in [0.2, 0.25) is 0 Å². The van der Waals surface area contributed by atoms with Crippen LogP contribution in [0.15, 0.2) is 0 Å². The molecule has 0 aliphatic rings. The molecule has 0 aromatic carbocycles. The number of aliphatic carboxylic acids is 1. The number of carboxylic acid groups (broad SMARTS) is 1. The Hall–Kier alpha value is -1.81. The molecule has 0 aromatic heterocycles. The third kappa shape index (κ3) is 9.30. The highest BCUT2D eigenvalue weighted by Gasteiger charge is 2.25. The predicted octanol–water partition coefficient (Wildman–Crippen LogP) is -1.09. The lowest BCUT2D eigenvalue weighted by Crippen LogP contribution is -2.54. The molecule has 0 saturated heterocycles. The Morgan fingerprint density at radius 3 is 2.16 bits per heavy atom. The Labute approximate surface area is 151 Å². The SMILES string of the molecule is CSCCC(NC(=O)C(N)C(C)C)C(=O)NCC(=O)NC(C)C(=O)O. The molecule has 0 aromatic rings. The zero-order valence-corrected chi connectivity index (χ0v) is 15.8. The monoisotopic (exact) mass is 376 g/mol. The Morgan fingerprint density at radius 2 is 1.68 bits per heavy atom. The summed E-state index contributed by atoms with van der Waals surface area (Å²) in [5.41, 5.74) is 5.77. The summed E-state index contributed by atoms with van der Waals surface area (Å²) in [7, 11) is 0. The third-order valence-electron chi connectivity index (χ3n) is 3.44. The summed E-state index contributed by atoms with van der Waals surface area (Å²) in [6.45, 7) is 4.54. The van der Waals surface area contributed by atoms with Crippen LogP contribution < -0.4 is 21.7 Å². The molecule has 144 valence electrons. The molecule has 0 fully saturated rings. The number of nitrogens with one attached hydrogen (secondary N) is 3. The predicted molar refractivity (Wildman–Crippen MR) is 96.0 cm³/mol. The van der Waals surface area contributed by atoms with Crippen molar-refractivity contribution in [1.82, 2.24) is 16.0 Å². The Bertz CT molecular complexity index is 487. The van der Waals surface area contributed by atoms with E-state index in [-0.39, 0.29) is 12.5 Å². The zero-order valence-electron chi connectivity index (χ0n) is 15.0. The maximum Gasteiger partial charge on any atom is 0.325 e. The lowest BCUT2D eigenvalue weighted by atomic mass is 10.0. The van der Waals surface area contributed by atoms with E-state index in [1.807, 2.05) is 6.26 Å². The molecule has 6 N–H and O–H groups in total. The van der Waals surface area contributed by atoms with E-state index in [9.17, 15) is 19.2 Å². The van der Waals surface area contributed by atoms with E-state index in [0.29, 0.717) is 12.2 Å². The molecular formula is C15H28N4O5S. The van der Waals surface area contributed by atoms with Gasteiger partial charge in [0.25, 0.3) is 0 Å². The Balaban J connectivity index is 4.65. The average molecular weight is 376 g/mol. The van der Waals surface area contributed by atoms with Crippen LogP contribution in [0.5, 0.6) is 0 Å². The summed E-state index contributed by atoms with van der Waals surface area (Å²) in [4.78, 5) is 46.6. The quantitative estimate of drug-likeness (QED) is 0.307. The minimum Gasteiger partial charge on any atom is -0.480 e. The summed E-state index contributed by atoms with van der Waals surface area (Å²) in [5.74, 6) is -2.19. The van der Waals surface area contributed by atoms with Gasteiger partial charge in [-0.05, 0) is 31.3 Å². The van der Waals surface area contributed by atoms with E-state index < -0.39 is 41.8 Å². The van der Waals surface area contributed by atoms with Crippen molar-refractivity contribution in [3.63, 3.8) is 0 Å². The van der Waals surface area contributed by atoms with Crippen molar-refractivity contribution < 1.29 is 24.3 Å². The van der Waals surface area contributed by atoms with E-state index in [1.165, 1.54) is 18.7 Å². The fraction of sp³-hybridized carbons (Fsp3) is 0.733. The molecule has 3 amide bonds. The molecule has 0 heterocycles. The smallest absolute Gasteiger partial charge is 0.325 e. The topological polar surface area (TPSA) is 151 Å². The van der Waals surface area contributed by atoms with Crippen LogP contribution in [0.3, 0.4) is 0 Å². The number of hydrogen-bond donors (Lipinski definition) is 5. The van der Waals surface area contributed by atoms with Crippen molar-refractivity contribution in [2.75, 3.05) is 18.6 Å². The second-order valence-electron chi connectivity index (χ2n) is 5.96. The van der Waals surface area contributed by atoms with Gasteiger partial charge in [-0.3, -0.25) is 19.2 Å². The van der Waals surface area contributed by atoms with E-state index >= 15 is 0 Å². The lowest BCUT2D eigenvalue weighted by molar-refractivity contribution is -0.141. The molecular weight excluding hydrogens is 348 g/mol. The maximum atomic E-state index is 12.2.